The van der Waals surface area contributed by atoms with E-state index >= 15 is 0 Å². The third-order valence-corrected chi connectivity index (χ3v) is 10.2. The van der Waals surface area contributed by atoms with Crippen molar-refractivity contribution in [3.05, 3.63) is 119 Å². The third kappa shape index (κ3) is 17.5. The molecule has 5 N–H and O–H groups in total. The first-order chi connectivity index (χ1) is 28.4. The summed E-state index contributed by atoms with van der Waals surface area (Å²) in [6.07, 6.45) is 23.9. The first-order valence-corrected chi connectivity index (χ1v) is 21.3. The number of benzene rings is 2. The number of aromatic nitrogens is 2. The Balaban J connectivity index is 1.28. The molecule has 2 heterocycles. The maximum Gasteiger partial charge on any atom is 0.569 e. The van der Waals surface area contributed by atoms with Crippen LogP contribution in [0.3, 0.4) is 0 Å². The number of hydrogen-bond donors (Lipinski definition) is 6. The lowest BCUT2D eigenvalue weighted by molar-refractivity contribution is -0.688. The van der Waals surface area contributed by atoms with Gasteiger partial charge in [-0.05, 0) is 48.3 Å². The van der Waals surface area contributed by atoms with E-state index in [4.69, 9.17) is 9.68 Å². The molecular weight excluding hydrogens is 746 g/mol. The Hall–Kier alpha value is -4.60. The van der Waals surface area contributed by atoms with Gasteiger partial charge in [0, 0.05) is 31.1 Å². The van der Waals surface area contributed by atoms with E-state index in [0.717, 1.165) is 36.1 Å². The summed E-state index contributed by atoms with van der Waals surface area (Å²) >= 11 is 4.27. The predicted molar refractivity (Wildman–Crippen MR) is 233 cm³/mol. The fraction of sp³-hybridized carbons (Fsp3) is 0.422. The molecule has 13 heteroatoms. The summed E-state index contributed by atoms with van der Waals surface area (Å²) in [7, 11) is -0.980. The SMILES string of the molecule is O=C(CCCCCCCCCCCCCCCS)NCCNC(=O)c1cc(C#Cc2ccc[n+](Cc3ccccc3O[B]O)c2)c[n+](Cc2ccccc2B(O)O)c1. The number of carbonyl (C=O) groups excluding carboxylic acids is 2. The fourth-order valence-electron chi connectivity index (χ4n) is 6.80. The maximum atomic E-state index is 13.4. The third-order valence-electron chi connectivity index (χ3n) is 9.88. The number of unbranched alkanes of at least 4 members (excludes halogenated alkanes) is 12. The number of nitrogens with zero attached hydrogens (tertiary/aromatic N) is 2. The van der Waals surface area contributed by atoms with Crippen LogP contribution in [0.2, 0.25) is 0 Å². The van der Waals surface area contributed by atoms with E-state index in [0.29, 0.717) is 55.1 Å². The number of hydrogen-bond acceptors (Lipinski definition) is 7. The van der Waals surface area contributed by atoms with Gasteiger partial charge in [-0.3, -0.25) is 9.59 Å². The highest BCUT2D eigenvalue weighted by Gasteiger charge is 2.20. The quantitative estimate of drug-likeness (QED) is 0.0181. The lowest BCUT2D eigenvalue weighted by Crippen LogP contribution is -2.42. The van der Waals surface area contributed by atoms with Crippen LogP contribution in [0.1, 0.15) is 123 Å². The molecule has 0 aliphatic heterocycles. The largest absolute Gasteiger partial charge is 0.569 e. The van der Waals surface area contributed by atoms with Crippen molar-refractivity contribution >= 4 is 44.7 Å². The van der Waals surface area contributed by atoms with Crippen LogP contribution in [0.4, 0.5) is 0 Å². The van der Waals surface area contributed by atoms with E-state index in [1.165, 1.54) is 64.2 Å². The second-order valence-electron chi connectivity index (χ2n) is 14.6. The molecule has 4 rings (SSSR count). The lowest BCUT2D eigenvalue weighted by atomic mass is 9.77. The van der Waals surface area contributed by atoms with Crippen molar-refractivity contribution in [3.63, 3.8) is 0 Å². The van der Waals surface area contributed by atoms with Crippen LogP contribution in [-0.2, 0) is 17.9 Å². The van der Waals surface area contributed by atoms with E-state index in [1.807, 2.05) is 65.6 Å². The Morgan fingerprint density at radius 2 is 1.28 bits per heavy atom. The molecule has 0 saturated heterocycles. The number of para-hydroxylation sites is 1. The second kappa shape index (κ2) is 27.2. The summed E-state index contributed by atoms with van der Waals surface area (Å²) < 4.78 is 9.01. The zero-order valence-electron chi connectivity index (χ0n) is 33.7. The topological polar surface area (TPSA) is 136 Å². The molecule has 0 saturated carbocycles. The molecule has 10 nitrogen and oxygen atoms in total. The van der Waals surface area contributed by atoms with Gasteiger partial charge in [0.2, 0.25) is 5.91 Å². The van der Waals surface area contributed by atoms with Crippen molar-refractivity contribution < 1.29 is 38.4 Å². The molecule has 2 amide bonds. The number of rotatable bonds is 26. The first-order valence-electron chi connectivity index (χ1n) is 20.7. The molecule has 0 aliphatic carbocycles. The van der Waals surface area contributed by atoms with Gasteiger partial charge in [-0.2, -0.15) is 21.8 Å². The average Bonchev–Trinajstić information content (AvgIpc) is 3.22. The Kier molecular flexibility index (Phi) is 21.6. The van der Waals surface area contributed by atoms with Crippen LogP contribution in [0.25, 0.3) is 0 Å². The normalized spacial score (nSPS) is 10.7. The molecule has 0 aliphatic rings. The van der Waals surface area contributed by atoms with Crippen molar-refractivity contribution in [2.24, 2.45) is 0 Å². The predicted octanol–water partition coefficient (Wildman–Crippen LogP) is 4.58. The van der Waals surface area contributed by atoms with Crippen molar-refractivity contribution in [1.82, 2.24) is 10.6 Å². The van der Waals surface area contributed by atoms with Gasteiger partial charge in [0.05, 0.1) is 16.7 Å². The molecule has 0 fully saturated rings. The molecule has 0 atom stereocenters. The fourth-order valence-corrected chi connectivity index (χ4v) is 7.02. The van der Waals surface area contributed by atoms with E-state index in [-0.39, 0.29) is 24.9 Å². The van der Waals surface area contributed by atoms with Gasteiger partial charge >= 0.3 is 14.8 Å². The van der Waals surface area contributed by atoms with Gasteiger partial charge in [-0.1, -0.05) is 119 Å². The van der Waals surface area contributed by atoms with Gasteiger partial charge in [-0.15, -0.1) is 0 Å². The standard InChI is InChI=1S/C45H57B2N4O6S/c52-44(24-12-10-8-6-4-2-1-3-5-7-9-11-17-30-58)48-27-28-49-45(53)41-31-38(33-51(36-41)34-39-20-13-15-22-42(39)47(55)56)26-25-37-19-18-29-50(32-37)35-40-21-14-16-23-43(40)57-46-54/h13-16,18-23,29,31-33,36,54-56H,1-12,17,24,27-28,30,34-35H2,(H-2,48,49,52,53,58)/p+2. The smallest absolute Gasteiger partial charge is 0.537 e. The number of amides is 2. The monoisotopic (exact) mass is 805 g/mol. The van der Waals surface area contributed by atoms with E-state index < -0.39 is 7.12 Å². The van der Waals surface area contributed by atoms with Crippen LogP contribution < -0.4 is 29.9 Å². The highest BCUT2D eigenvalue weighted by atomic mass is 32.1. The van der Waals surface area contributed by atoms with Crippen molar-refractivity contribution in [1.29, 1.82) is 0 Å². The van der Waals surface area contributed by atoms with E-state index in [1.54, 1.807) is 35.0 Å². The van der Waals surface area contributed by atoms with E-state index in [9.17, 15) is 19.6 Å². The number of carbonyl (C=O) groups is 2. The maximum absolute atomic E-state index is 13.4. The minimum Gasteiger partial charge on any atom is -0.537 e. The molecule has 2 aromatic heterocycles. The first kappa shape index (κ1) is 46.1. The van der Waals surface area contributed by atoms with Gasteiger partial charge in [0.1, 0.15) is 11.3 Å². The van der Waals surface area contributed by atoms with Gasteiger partial charge in [-0.25, -0.2) is 0 Å². The summed E-state index contributed by atoms with van der Waals surface area (Å²) in [6, 6.07) is 20.0. The molecule has 1 radical (unpaired) electrons. The number of thiol groups is 1. The Bertz CT molecular complexity index is 1920. The summed E-state index contributed by atoms with van der Waals surface area (Å²) in [6.45, 7) is 1.35. The Labute approximate surface area is 351 Å². The molecule has 4 aromatic rings. The zero-order valence-corrected chi connectivity index (χ0v) is 34.6. The summed E-state index contributed by atoms with van der Waals surface area (Å²) in [5.74, 6) is 7.62. The number of pyridine rings is 2. The van der Waals surface area contributed by atoms with Crippen LogP contribution in [-0.4, -0.2) is 60.5 Å². The molecule has 0 bridgehead atoms. The molecule has 0 spiro atoms. The molecule has 305 valence electrons. The Morgan fingerprint density at radius 1 is 0.690 bits per heavy atom. The van der Waals surface area contributed by atoms with Crippen LogP contribution >= 0.6 is 12.6 Å². The van der Waals surface area contributed by atoms with Crippen LogP contribution in [0, 0.1) is 11.8 Å². The highest BCUT2D eigenvalue weighted by molar-refractivity contribution is 7.80. The molecular formula is C45H59B2N4O6S+2. The van der Waals surface area contributed by atoms with Crippen molar-refractivity contribution in [3.8, 4) is 17.6 Å². The van der Waals surface area contributed by atoms with Gasteiger partial charge in [0.25, 0.3) is 5.91 Å². The minimum atomic E-state index is -1.64. The lowest BCUT2D eigenvalue weighted by Gasteiger charge is -2.09. The zero-order chi connectivity index (χ0) is 41.2. The van der Waals surface area contributed by atoms with Crippen molar-refractivity contribution in [2.75, 3.05) is 18.8 Å². The van der Waals surface area contributed by atoms with Gasteiger partial charge < -0.3 is 30.4 Å². The van der Waals surface area contributed by atoms with Crippen LogP contribution in [0.15, 0.2) is 91.5 Å². The average molecular weight is 806 g/mol. The van der Waals surface area contributed by atoms with Crippen molar-refractivity contribution in [2.45, 2.75) is 103 Å². The summed E-state index contributed by atoms with van der Waals surface area (Å²) in [4.78, 5) is 25.9. The molecule has 2 aromatic carbocycles. The minimum absolute atomic E-state index is 0.00749. The summed E-state index contributed by atoms with van der Waals surface area (Å²) in [5, 5.41) is 34.9. The highest BCUT2D eigenvalue weighted by Crippen LogP contribution is 2.17. The second-order valence-corrected chi connectivity index (χ2v) is 15.0. The van der Waals surface area contributed by atoms with E-state index in [2.05, 4.69) is 35.1 Å². The molecule has 0 unspecified atom stereocenters. The number of nitrogens with one attached hydrogen (secondary N) is 2. The Morgan fingerprint density at radius 3 is 1.97 bits per heavy atom. The molecule has 58 heavy (non-hydrogen) atoms. The van der Waals surface area contributed by atoms with Crippen LogP contribution in [0.5, 0.6) is 5.75 Å². The van der Waals surface area contributed by atoms with Gasteiger partial charge in [0.15, 0.2) is 37.9 Å². The summed E-state index contributed by atoms with van der Waals surface area (Å²) in [5.41, 5.74) is 3.64.